The van der Waals surface area contributed by atoms with Crippen molar-refractivity contribution < 1.29 is 4.79 Å². The first-order valence-electron chi connectivity index (χ1n) is 9.88. The molecule has 144 valence electrons. The van der Waals surface area contributed by atoms with Crippen molar-refractivity contribution in [2.45, 2.75) is 40.0 Å². The lowest BCUT2D eigenvalue weighted by Gasteiger charge is -2.26. The molecular weight excluding hydrogens is 338 g/mol. The normalized spacial score (nSPS) is 14.1. The molecular formula is C21H29N5O. The monoisotopic (exact) mass is 367 g/mol. The van der Waals surface area contributed by atoms with Crippen LogP contribution >= 0.6 is 0 Å². The second-order valence-corrected chi connectivity index (χ2v) is 6.95. The zero-order valence-electron chi connectivity index (χ0n) is 16.5. The van der Waals surface area contributed by atoms with Gasteiger partial charge in [0.2, 0.25) is 0 Å². The van der Waals surface area contributed by atoms with Gasteiger partial charge in [0.05, 0.1) is 0 Å². The van der Waals surface area contributed by atoms with Crippen molar-refractivity contribution >= 4 is 23.1 Å². The van der Waals surface area contributed by atoms with Crippen LogP contribution in [0.15, 0.2) is 30.3 Å². The summed E-state index contributed by atoms with van der Waals surface area (Å²) in [6, 6.07) is 9.94. The molecule has 1 aromatic heterocycles. The molecule has 1 aliphatic heterocycles. The van der Waals surface area contributed by atoms with Crippen molar-refractivity contribution in [1.29, 1.82) is 0 Å². The van der Waals surface area contributed by atoms with E-state index in [4.69, 9.17) is 0 Å². The minimum Gasteiger partial charge on any atom is -0.372 e. The average Bonchev–Trinajstić information content (AvgIpc) is 2.71. The van der Waals surface area contributed by atoms with Gasteiger partial charge in [0, 0.05) is 37.6 Å². The fourth-order valence-electron chi connectivity index (χ4n) is 3.48. The van der Waals surface area contributed by atoms with E-state index in [0.717, 1.165) is 50.3 Å². The number of nitrogens with one attached hydrogen (secondary N) is 1. The van der Waals surface area contributed by atoms with Gasteiger partial charge >= 0.3 is 0 Å². The Labute approximate surface area is 161 Å². The quantitative estimate of drug-likeness (QED) is 0.836. The maximum atomic E-state index is 12.5. The Morgan fingerprint density at radius 2 is 1.81 bits per heavy atom. The van der Waals surface area contributed by atoms with Crippen LogP contribution in [-0.4, -0.2) is 47.2 Å². The first-order valence-corrected chi connectivity index (χ1v) is 9.88. The third-order valence-electron chi connectivity index (χ3n) is 5.13. The fourth-order valence-corrected chi connectivity index (χ4v) is 3.48. The molecule has 2 aromatic rings. The predicted molar refractivity (Wildman–Crippen MR) is 110 cm³/mol. The smallest absolute Gasteiger partial charge is 0.274 e. The molecule has 1 aromatic carbocycles. The highest BCUT2D eigenvalue weighted by atomic mass is 16.2. The van der Waals surface area contributed by atoms with Crippen LogP contribution < -0.4 is 10.2 Å². The van der Waals surface area contributed by atoms with Crippen LogP contribution in [0.3, 0.4) is 0 Å². The number of carbonyl (C=O) groups is 1. The number of anilines is 3. The lowest BCUT2D eigenvalue weighted by Crippen LogP contribution is -2.36. The molecule has 1 amide bonds. The summed E-state index contributed by atoms with van der Waals surface area (Å²) in [5.41, 5.74) is 3.78. The number of carbonyl (C=O) groups excluding carboxylic acids is 1. The van der Waals surface area contributed by atoms with E-state index in [-0.39, 0.29) is 5.91 Å². The first kappa shape index (κ1) is 19.1. The van der Waals surface area contributed by atoms with Crippen molar-refractivity contribution in [2.75, 3.05) is 36.4 Å². The molecule has 6 nitrogen and oxygen atoms in total. The molecule has 1 saturated heterocycles. The van der Waals surface area contributed by atoms with Crippen LogP contribution in [0.25, 0.3) is 0 Å². The second kappa shape index (κ2) is 8.84. The molecule has 0 aliphatic carbocycles. The number of benzene rings is 1. The van der Waals surface area contributed by atoms with Crippen molar-refractivity contribution in [3.8, 4) is 0 Å². The Morgan fingerprint density at radius 1 is 1.07 bits per heavy atom. The van der Waals surface area contributed by atoms with E-state index in [0.29, 0.717) is 11.5 Å². The maximum Gasteiger partial charge on any atom is 0.274 e. The van der Waals surface area contributed by atoms with Crippen molar-refractivity contribution in [1.82, 2.24) is 15.1 Å². The zero-order chi connectivity index (χ0) is 19.2. The minimum absolute atomic E-state index is 0.0199. The van der Waals surface area contributed by atoms with Crippen LogP contribution in [0, 0.1) is 6.92 Å². The van der Waals surface area contributed by atoms with Gasteiger partial charge in [-0.3, -0.25) is 4.79 Å². The SMILES string of the molecule is CCN(CC)c1ccc(Nc2ccc(C(=O)N3CCCCC3)nn2)c(C)c1. The minimum atomic E-state index is -0.0199. The van der Waals surface area contributed by atoms with E-state index in [2.05, 4.69) is 59.4 Å². The highest BCUT2D eigenvalue weighted by molar-refractivity contribution is 5.92. The molecule has 0 atom stereocenters. The van der Waals surface area contributed by atoms with Gasteiger partial charge < -0.3 is 15.1 Å². The Bertz CT molecular complexity index is 765. The van der Waals surface area contributed by atoms with Crippen LogP contribution in [0.4, 0.5) is 17.2 Å². The second-order valence-electron chi connectivity index (χ2n) is 6.95. The number of rotatable bonds is 6. The third kappa shape index (κ3) is 4.56. The van der Waals surface area contributed by atoms with Gasteiger partial charge in [-0.15, -0.1) is 10.2 Å². The molecule has 0 unspecified atom stereocenters. The summed E-state index contributed by atoms with van der Waals surface area (Å²) >= 11 is 0. The number of aryl methyl sites for hydroxylation is 1. The number of nitrogens with zero attached hydrogens (tertiary/aromatic N) is 4. The highest BCUT2D eigenvalue weighted by Gasteiger charge is 2.19. The number of aromatic nitrogens is 2. The number of hydrogen-bond donors (Lipinski definition) is 1. The molecule has 1 fully saturated rings. The largest absolute Gasteiger partial charge is 0.372 e. The van der Waals surface area contributed by atoms with Gasteiger partial charge in [0.1, 0.15) is 0 Å². The fraction of sp³-hybridized carbons (Fsp3) is 0.476. The van der Waals surface area contributed by atoms with Gasteiger partial charge in [-0.2, -0.15) is 0 Å². The Balaban J connectivity index is 1.68. The van der Waals surface area contributed by atoms with Gasteiger partial charge in [-0.25, -0.2) is 0 Å². The molecule has 0 radical (unpaired) electrons. The summed E-state index contributed by atoms with van der Waals surface area (Å²) in [7, 11) is 0. The van der Waals surface area contributed by atoms with E-state index >= 15 is 0 Å². The molecule has 27 heavy (non-hydrogen) atoms. The Hall–Kier alpha value is -2.63. The summed E-state index contributed by atoms with van der Waals surface area (Å²) < 4.78 is 0. The summed E-state index contributed by atoms with van der Waals surface area (Å²) in [5, 5.41) is 11.6. The number of piperidine rings is 1. The van der Waals surface area contributed by atoms with Gasteiger partial charge in [-0.05, 0) is 75.9 Å². The molecule has 1 aliphatic rings. The standard InChI is InChI=1S/C21H29N5O/c1-4-25(5-2)17-9-10-18(16(3)15-17)22-20-12-11-19(23-24-20)21(27)26-13-7-6-8-14-26/h9-12,15H,4-8,13-14H2,1-3H3,(H,22,24). The molecule has 0 spiro atoms. The summed E-state index contributed by atoms with van der Waals surface area (Å²) in [5.74, 6) is 0.623. The van der Waals surface area contributed by atoms with Crippen molar-refractivity contribution in [2.24, 2.45) is 0 Å². The van der Waals surface area contributed by atoms with E-state index in [1.165, 1.54) is 12.1 Å². The number of hydrogen-bond acceptors (Lipinski definition) is 5. The summed E-state index contributed by atoms with van der Waals surface area (Å²) in [4.78, 5) is 16.7. The topological polar surface area (TPSA) is 61.4 Å². The predicted octanol–water partition coefficient (Wildman–Crippen LogP) is 4.00. The molecule has 1 N–H and O–H groups in total. The average molecular weight is 367 g/mol. The van der Waals surface area contributed by atoms with Crippen LogP contribution in [0.2, 0.25) is 0 Å². The van der Waals surface area contributed by atoms with Crippen LogP contribution in [0.1, 0.15) is 49.2 Å². The maximum absolute atomic E-state index is 12.5. The van der Waals surface area contributed by atoms with E-state index in [9.17, 15) is 4.79 Å². The summed E-state index contributed by atoms with van der Waals surface area (Å²) in [6.45, 7) is 10.0. The van der Waals surface area contributed by atoms with Gasteiger partial charge in [0.25, 0.3) is 5.91 Å². The molecule has 3 rings (SSSR count). The number of amides is 1. The van der Waals surface area contributed by atoms with E-state index in [1.54, 1.807) is 6.07 Å². The van der Waals surface area contributed by atoms with Crippen molar-refractivity contribution in [3.05, 3.63) is 41.6 Å². The van der Waals surface area contributed by atoms with E-state index < -0.39 is 0 Å². The van der Waals surface area contributed by atoms with E-state index in [1.807, 2.05) is 11.0 Å². The van der Waals surface area contributed by atoms with Crippen LogP contribution in [0.5, 0.6) is 0 Å². The molecule has 2 heterocycles. The lowest BCUT2D eigenvalue weighted by atomic mass is 10.1. The Morgan fingerprint density at radius 3 is 2.41 bits per heavy atom. The third-order valence-corrected chi connectivity index (χ3v) is 5.13. The van der Waals surface area contributed by atoms with Crippen LogP contribution in [-0.2, 0) is 0 Å². The lowest BCUT2D eigenvalue weighted by molar-refractivity contribution is 0.0717. The zero-order valence-corrected chi connectivity index (χ0v) is 16.5. The molecule has 0 bridgehead atoms. The number of likely N-dealkylation sites (tertiary alicyclic amines) is 1. The molecule has 0 saturated carbocycles. The van der Waals surface area contributed by atoms with Gasteiger partial charge in [0.15, 0.2) is 11.5 Å². The molecule has 6 heteroatoms. The Kier molecular flexibility index (Phi) is 6.27. The highest BCUT2D eigenvalue weighted by Crippen LogP contribution is 2.25. The first-order chi connectivity index (χ1) is 13.1. The van der Waals surface area contributed by atoms with Crippen molar-refractivity contribution in [3.63, 3.8) is 0 Å². The van der Waals surface area contributed by atoms with Gasteiger partial charge in [-0.1, -0.05) is 0 Å². The summed E-state index contributed by atoms with van der Waals surface area (Å²) in [6.07, 6.45) is 3.34.